The van der Waals surface area contributed by atoms with Gasteiger partial charge in [0.2, 0.25) is 0 Å². The third-order valence-electron chi connectivity index (χ3n) is 3.92. The normalized spacial score (nSPS) is 10.6. The first kappa shape index (κ1) is 18.2. The smallest absolute Gasteiger partial charge is 0.335 e. The molecule has 0 aromatic heterocycles. The Bertz CT molecular complexity index is 462. The van der Waals surface area contributed by atoms with E-state index in [1.807, 2.05) is 0 Å². The van der Waals surface area contributed by atoms with Crippen LogP contribution in [0.4, 0.5) is 0 Å². The summed E-state index contributed by atoms with van der Waals surface area (Å²) in [5.41, 5.74) is 0.680. The lowest BCUT2D eigenvalue weighted by Crippen LogP contribution is -2.10. The minimum absolute atomic E-state index is 0.114. The first-order valence-corrected chi connectivity index (χ1v) is 8.16. The van der Waals surface area contributed by atoms with Crippen LogP contribution in [0.1, 0.15) is 84.6 Å². The van der Waals surface area contributed by atoms with Gasteiger partial charge in [0.25, 0.3) is 0 Å². The SMILES string of the molecule is CCCCCCCCCCc1c(C(=O)O)cccc1C(=O)O. The van der Waals surface area contributed by atoms with E-state index in [4.69, 9.17) is 0 Å². The van der Waals surface area contributed by atoms with Gasteiger partial charge in [0.15, 0.2) is 0 Å². The Kier molecular flexibility index (Phi) is 8.26. The Morgan fingerprint density at radius 3 is 1.73 bits per heavy atom. The average Bonchev–Trinajstić information content (AvgIpc) is 2.49. The highest BCUT2D eigenvalue weighted by molar-refractivity contribution is 5.96. The second kappa shape index (κ2) is 9.98. The van der Waals surface area contributed by atoms with Crippen molar-refractivity contribution >= 4 is 11.9 Å². The van der Waals surface area contributed by atoms with E-state index in [9.17, 15) is 19.8 Å². The topological polar surface area (TPSA) is 74.6 Å². The van der Waals surface area contributed by atoms with Gasteiger partial charge in [-0.1, -0.05) is 57.9 Å². The number of aromatic carboxylic acids is 2. The second-order valence-electron chi connectivity index (χ2n) is 5.67. The minimum atomic E-state index is -1.06. The molecule has 1 aromatic rings. The maximum Gasteiger partial charge on any atom is 0.335 e. The highest BCUT2D eigenvalue weighted by atomic mass is 16.4. The zero-order chi connectivity index (χ0) is 16.4. The summed E-state index contributed by atoms with van der Waals surface area (Å²) in [5, 5.41) is 18.4. The molecule has 122 valence electrons. The summed E-state index contributed by atoms with van der Waals surface area (Å²) in [6.07, 6.45) is 9.74. The van der Waals surface area contributed by atoms with E-state index in [0.717, 1.165) is 19.3 Å². The molecule has 1 rings (SSSR count). The van der Waals surface area contributed by atoms with Crippen LogP contribution in [0, 0.1) is 0 Å². The van der Waals surface area contributed by atoms with Gasteiger partial charge in [0, 0.05) is 0 Å². The molecule has 0 heterocycles. The van der Waals surface area contributed by atoms with Crippen LogP contribution in [0.3, 0.4) is 0 Å². The average molecular weight is 306 g/mol. The summed E-state index contributed by atoms with van der Waals surface area (Å²) in [7, 11) is 0. The van der Waals surface area contributed by atoms with Crippen LogP contribution in [-0.2, 0) is 6.42 Å². The summed E-state index contributed by atoms with van der Waals surface area (Å²) in [6.45, 7) is 2.19. The highest BCUT2D eigenvalue weighted by Crippen LogP contribution is 2.19. The monoisotopic (exact) mass is 306 g/mol. The number of carbonyl (C=O) groups is 2. The van der Waals surface area contributed by atoms with Crippen LogP contribution in [0.25, 0.3) is 0 Å². The lowest BCUT2D eigenvalue weighted by atomic mass is 9.95. The Labute approximate surface area is 132 Å². The van der Waals surface area contributed by atoms with E-state index >= 15 is 0 Å². The van der Waals surface area contributed by atoms with Crippen molar-refractivity contribution in [3.63, 3.8) is 0 Å². The van der Waals surface area contributed by atoms with Gasteiger partial charge < -0.3 is 10.2 Å². The second-order valence-corrected chi connectivity index (χ2v) is 5.67. The molecular weight excluding hydrogens is 280 g/mol. The van der Waals surface area contributed by atoms with E-state index in [1.54, 1.807) is 0 Å². The number of rotatable bonds is 11. The highest BCUT2D eigenvalue weighted by Gasteiger charge is 2.17. The molecule has 0 atom stereocenters. The molecule has 0 aliphatic heterocycles. The largest absolute Gasteiger partial charge is 0.478 e. The fraction of sp³-hybridized carbons (Fsp3) is 0.556. The number of unbranched alkanes of at least 4 members (excludes halogenated alkanes) is 7. The third-order valence-corrected chi connectivity index (χ3v) is 3.92. The molecule has 1 aromatic carbocycles. The summed E-state index contributed by atoms with van der Waals surface area (Å²) < 4.78 is 0. The van der Waals surface area contributed by atoms with Gasteiger partial charge in [-0.2, -0.15) is 0 Å². The van der Waals surface area contributed by atoms with E-state index in [0.29, 0.717) is 12.0 Å². The predicted molar refractivity (Wildman–Crippen MR) is 86.7 cm³/mol. The molecule has 0 saturated heterocycles. The van der Waals surface area contributed by atoms with Gasteiger partial charge in [-0.15, -0.1) is 0 Å². The third kappa shape index (κ3) is 5.88. The van der Waals surface area contributed by atoms with E-state index in [1.165, 1.54) is 50.3 Å². The van der Waals surface area contributed by atoms with Crippen molar-refractivity contribution in [2.75, 3.05) is 0 Å². The Morgan fingerprint density at radius 2 is 1.27 bits per heavy atom. The molecule has 22 heavy (non-hydrogen) atoms. The van der Waals surface area contributed by atoms with Crippen LogP contribution in [0.15, 0.2) is 18.2 Å². The first-order chi connectivity index (χ1) is 10.6. The fourth-order valence-electron chi connectivity index (χ4n) is 2.69. The zero-order valence-corrected chi connectivity index (χ0v) is 13.3. The lowest BCUT2D eigenvalue weighted by molar-refractivity contribution is 0.0695. The molecule has 2 N–H and O–H groups in total. The van der Waals surface area contributed by atoms with Crippen molar-refractivity contribution in [1.29, 1.82) is 0 Å². The quantitative estimate of drug-likeness (QED) is 0.578. The van der Waals surface area contributed by atoms with E-state index in [2.05, 4.69) is 6.92 Å². The van der Waals surface area contributed by atoms with Crippen LogP contribution >= 0.6 is 0 Å². The molecule has 0 unspecified atom stereocenters. The molecule has 0 radical (unpaired) electrons. The van der Waals surface area contributed by atoms with Crippen molar-refractivity contribution < 1.29 is 19.8 Å². The molecule has 0 amide bonds. The maximum atomic E-state index is 11.2. The Morgan fingerprint density at radius 1 is 0.818 bits per heavy atom. The van der Waals surface area contributed by atoms with Crippen molar-refractivity contribution in [3.8, 4) is 0 Å². The standard InChI is InChI=1S/C18H26O4/c1-2-3-4-5-6-7-8-9-11-14-15(17(19)20)12-10-13-16(14)18(21)22/h10,12-13H,2-9,11H2,1H3,(H,19,20)(H,21,22). The van der Waals surface area contributed by atoms with Gasteiger partial charge in [0.05, 0.1) is 11.1 Å². The van der Waals surface area contributed by atoms with Crippen LogP contribution in [-0.4, -0.2) is 22.2 Å². The minimum Gasteiger partial charge on any atom is -0.478 e. The predicted octanol–water partition coefficient (Wildman–Crippen LogP) is 4.77. The molecule has 4 heteroatoms. The molecule has 0 aliphatic rings. The van der Waals surface area contributed by atoms with Gasteiger partial charge >= 0.3 is 11.9 Å². The molecule has 0 fully saturated rings. The summed E-state index contributed by atoms with van der Waals surface area (Å²) >= 11 is 0. The van der Waals surface area contributed by atoms with Crippen LogP contribution in [0.2, 0.25) is 0 Å². The number of hydrogen-bond acceptors (Lipinski definition) is 2. The van der Waals surface area contributed by atoms with E-state index < -0.39 is 11.9 Å². The Balaban J connectivity index is 2.50. The van der Waals surface area contributed by atoms with Crippen molar-refractivity contribution in [1.82, 2.24) is 0 Å². The maximum absolute atomic E-state index is 11.2. The first-order valence-electron chi connectivity index (χ1n) is 8.16. The molecule has 0 spiro atoms. The van der Waals surface area contributed by atoms with E-state index in [-0.39, 0.29) is 11.1 Å². The van der Waals surface area contributed by atoms with Gasteiger partial charge in [-0.3, -0.25) is 0 Å². The van der Waals surface area contributed by atoms with Crippen molar-refractivity contribution in [3.05, 3.63) is 34.9 Å². The molecule has 0 aliphatic carbocycles. The van der Waals surface area contributed by atoms with Crippen LogP contribution in [0.5, 0.6) is 0 Å². The number of carboxylic acid groups (broad SMARTS) is 2. The van der Waals surface area contributed by atoms with Crippen LogP contribution < -0.4 is 0 Å². The van der Waals surface area contributed by atoms with Crippen molar-refractivity contribution in [2.24, 2.45) is 0 Å². The number of hydrogen-bond donors (Lipinski definition) is 2. The number of benzene rings is 1. The van der Waals surface area contributed by atoms with Gasteiger partial charge in [-0.05, 0) is 30.5 Å². The zero-order valence-electron chi connectivity index (χ0n) is 13.3. The lowest BCUT2D eigenvalue weighted by Gasteiger charge is -2.10. The summed E-state index contributed by atoms with van der Waals surface area (Å²) in [6, 6.07) is 4.45. The molecule has 0 bridgehead atoms. The molecule has 4 nitrogen and oxygen atoms in total. The summed E-state index contributed by atoms with van der Waals surface area (Å²) in [4.78, 5) is 22.5. The number of carboxylic acids is 2. The molecule has 0 saturated carbocycles. The molecular formula is C18H26O4. The van der Waals surface area contributed by atoms with Gasteiger partial charge in [-0.25, -0.2) is 9.59 Å². The summed E-state index contributed by atoms with van der Waals surface area (Å²) in [5.74, 6) is -2.12. The van der Waals surface area contributed by atoms with Crippen molar-refractivity contribution in [2.45, 2.75) is 64.7 Å². The Hall–Kier alpha value is -1.84. The van der Waals surface area contributed by atoms with Gasteiger partial charge in [0.1, 0.15) is 0 Å². The fourth-order valence-corrected chi connectivity index (χ4v) is 2.69.